The smallest absolute Gasteiger partial charge is 0.264 e. The molecule has 2 N–H and O–H groups in total. The predicted octanol–water partition coefficient (Wildman–Crippen LogP) is 1.55. The van der Waals surface area contributed by atoms with Crippen LogP contribution in [0.3, 0.4) is 0 Å². The highest BCUT2D eigenvalue weighted by atomic mass is 19.1. The van der Waals surface area contributed by atoms with Gasteiger partial charge >= 0.3 is 0 Å². The normalized spacial score (nSPS) is 21.2. The van der Waals surface area contributed by atoms with E-state index in [1.165, 1.54) is 40.0 Å². The van der Waals surface area contributed by atoms with Crippen molar-refractivity contribution in [2.45, 2.75) is 50.3 Å². The second kappa shape index (κ2) is 9.89. The number of likely N-dealkylation sites (tertiary alicyclic amines) is 1. The van der Waals surface area contributed by atoms with Gasteiger partial charge in [-0.05, 0) is 62.4 Å². The molecule has 10 nitrogen and oxygen atoms in total. The third kappa shape index (κ3) is 5.04. The molecule has 2 aromatic heterocycles. The average Bonchev–Trinajstić information content (AvgIpc) is 3.54. The highest BCUT2D eigenvalue weighted by Gasteiger charge is 2.38. The molecule has 2 aliphatic rings. The summed E-state index contributed by atoms with van der Waals surface area (Å²) in [6, 6.07) is 5.69. The van der Waals surface area contributed by atoms with E-state index in [2.05, 4.69) is 22.0 Å². The van der Waals surface area contributed by atoms with Gasteiger partial charge in [0.15, 0.2) is 5.65 Å². The van der Waals surface area contributed by atoms with Gasteiger partial charge in [-0.1, -0.05) is 6.58 Å². The summed E-state index contributed by atoms with van der Waals surface area (Å²) in [5.74, 6) is -0.702. The number of aliphatic hydroxyl groups is 1. The van der Waals surface area contributed by atoms with Crippen LogP contribution >= 0.6 is 0 Å². The SMILES string of the molecule is C=CC(=O)N[C@@H]1CC[C@H](C(=O)N2CCC(O)(Cn3cnc4c(cnn4-c4ccc(F)cc4)c3=O)CC2)C1. The second-order valence-corrected chi connectivity index (χ2v) is 9.92. The fourth-order valence-corrected chi connectivity index (χ4v) is 5.31. The number of amides is 2. The molecule has 11 heteroatoms. The lowest BCUT2D eigenvalue weighted by Crippen LogP contribution is -2.50. The van der Waals surface area contributed by atoms with Gasteiger partial charge in [-0.15, -0.1) is 0 Å². The van der Waals surface area contributed by atoms with Gasteiger partial charge in [-0.2, -0.15) is 5.10 Å². The summed E-state index contributed by atoms with van der Waals surface area (Å²) in [4.78, 5) is 43.8. The van der Waals surface area contributed by atoms with Crippen LogP contribution in [0.1, 0.15) is 32.1 Å². The van der Waals surface area contributed by atoms with Crippen molar-refractivity contribution in [3.8, 4) is 5.69 Å². The number of rotatable bonds is 6. The minimum atomic E-state index is -1.15. The summed E-state index contributed by atoms with van der Waals surface area (Å²) >= 11 is 0. The lowest BCUT2D eigenvalue weighted by atomic mass is 9.90. The van der Waals surface area contributed by atoms with Gasteiger partial charge in [0.2, 0.25) is 11.8 Å². The number of piperidine rings is 1. The zero-order valence-electron chi connectivity index (χ0n) is 20.3. The molecule has 2 amide bonds. The van der Waals surface area contributed by atoms with Gasteiger partial charge in [-0.3, -0.25) is 19.0 Å². The summed E-state index contributed by atoms with van der Waals surface area (Å²) in [7, 11) is 0. The van der Waals surface area contributed by atoms with E-state index in [0.717, 1.165) is 6.42 Å². The van der Waals surface area contributed by atoms with Crippen LogP contribution in [-0.4, -0.2) is 65.9 Å². The second-order valence-electron chi connectivity index (χ2n) is 9.92. The van der Waals surface area contributed by atoms with Gasteiger partial charge in [0.25, 0.3) is 5.56 Å². The third-order valence-electron chi connectivity index (χ3n) is 7.41. The van der Waals surface area contributed by atoms with Crippen LogP contribution in [0.25, 0.3) is 16.7 Å². The van der Waals surface area contributed by atoms with Crippen LogP contribution in [-0.2, 0) is 16.1 Å². The van der Waals surface area contributed by atoms with Gasteiger partial charge in [0.1, 0.15) is 17.5 Å². The minimum absolute atomic E-state index is 0.0251. The number of nitrogens with zero attached hydrogens (tertiary/aromatic N) is 5. The standard InChI is InChI=1S/C26H29FN6O4/c1-2-22(34)30-19-6-3-17(13-19)24(35)31-11-9-26(37,10-12-31)15-32-16-28-23-21(25(32)36)14-29-33(23)20-7-4-18(27)5-8-20/h2,4-5,7-8,14,16-17,19,37H,1,3,6,9-13,15H2,(H,30,34)/t17-,19+/m0/s1. The number of benzene rings is 1. The third-order valence-corrected chi connectivity index (χ3v) is 7.41. The van der Waals surface area contributed by atoms with Crippen molar-refractivity contribution in [2.24, 2.45) is 5.92 Å². The van der Waals surface area contributed by atoms with E-state index < -0.39 is 5.60 Å². The molecule has 0 radical (unpaired) electrons. The number of hydrogen-bond acceptors (Lipinski definition) is 6. The van der Waals surface area contributed by atoms with Gasteiger partial charge in [0.05, 0.1) is 24.0 Å². The highest BCUT2D eigenvalue weighted by molar-refractivity contribution is 5.87. The summed E-state index contributed by atoms with van der Waals surface area (Å²) < 4.78 is 16.1. The van der Waals surface area contributed by atoms with Crippen LogP contribution < -0.4 is 10.9 Å². The maximum Gasteiger partial charge on any atom is 0.264 e. The Labute approximate surface area is 212 Å². The Morgan fingerprint density at radius 2 is 1.95 bits per heavy atom. The highest BCUT2D eigenvalue weighted by Crippen LogP contribution is 2.30. The van der Waals surface area contributed by atoms with E-state index in [0.29, 0.717) is 55.5 Å². The van der Waals surface area contributed by atoms with Crippen LogP contribution in [0.2, 0.25) is 0 Å². The topological polar surface area (TPSA) is 122 Å². The Bertz CT molecular complexity index is 1390. The average molecular weight is 509 g/mol. The lowest BCUT2D eigenvalue weighted by Gasteiger charge is -2.39. The summed E-state index contributed by atoms with van der Waals surface area (Å²) in [6.45, 7) is 4.29. The molecule has 2 fully saturated rings. The quantitative estimate of drug-likeness (QED) is 0.487. The number of carbonyl (C=O) groups is 2. The van der Waals surface area contributed by atoms with Gasteiger partial charge < -0.3 is 15.3 Å². The first-order valence-electron chi connectivity index (χ1n) is 12.4. The molecule has 37 heavy (non-hydrogen) atoms. The monoisotopic (exact) mass is 508 g/mol. The van der Waals surface area contributed by atoms with Crippen LogP contribution in [0.5, 0.6) is 0 Å². The molecule has 194 valence electrons. The molecule has 1 aliphatic heterocycles. The Hall–Kier alpha value is -3.86. The maximum absolute atomic E-state index is 13.3. The Kier molecular flexibility index (Phi) is 6.63. The molecular formula is C26H29FN6O4. The predicted molar refractivity (Wildman–Crippen MR) is 133 cm³/mol. The number of aromatic nitrogens is 4. The molecule has 0 bridgehead atoms. The van der Waals surface area contributed by atoms with Crippen molar-refractivity contribution >= 4 is 22.8 Å². The van der Waals surface area contributed by atoms with Gasteiger partial charge in [-0.25, -0.2) is 14.1 Å². The molecule has 3 heterocycles. The van der Waals surface area contributed by atoms with Crippen LogP contribution in [0.4, 0.5) is 4.39 Å². The van der Waals surface area contributed by atoms with Crippen molar-refractivity contribution in [1.82, 2.24) is 29.5 Å². The Balaban J connectivity index is 1.23. The number of carbonyl (C=O) groups excluding carboxylic acids is 2. The first-order valence-corrected chi connectivity index (χ1v) is 12.4. The largest absolute Gasteiger partial charge is 0.388 e. The van der Waals surface area contributed by atoms with E-state index in [4.69, 9.17) is 0 Å². The van der Waals surface area contributed by atoms with Crippen LogP contribution in [0.15, 0.2) is 54.2 Å². The maximum atomic E-state index is 13.3. The molecular weight excluding hydrogens is 479 g/mol. The first-order chi connectivity index (χ1) is 17.8. The molecule has 1 aromatic carbocycles. The van der Waals surface area contributed by atoms with Crippen molar-refractivity contribution in [3.63, 3.8) is 0 Å². The van der Waals surface area contributed by atoms with E-state index in [9.17, 15) is 23.9 Å². The molecule has 2 atom stereocenters. The van der Waals surface area contributed by atoms with Gasteiger partial charge in [0, 0.05) is 25.0 Å². The Morgan fingerprint density at radius 3 is 2.65 bits per heavy atom. The molecule has 1 aliphatic carbocycles. The van der Waals surface area contributed by atoms with E-state index in [1.807, 2.05) is 0 Å². The summed E-state index contributed by atoms with van der Waals surface area (Å²) in [5, 5.41) is 18.6. The summed E-state index contributed by atoms with van der Waals surface area (Å²) in [5.41, 5.74) is -0.560. The summed E-state index contributed by atoms with van der Waals surface area (Å²) in [6.07, 6.45) is 6.78. The van der Waals surface area contributed by atoms with Crippen molar-refractivity contribution < 1.29 is 19.1 Å². The van der Waals surface area contributed by atoms with Crippen molar-refractivity contribution in [2.75, 3.05) is 13.1 Å². The minimum Gasteiger partial charge on any atom is -0.388 e. The Morgan fingerprint density at radius 1 is 1.22 bits per heavy atom. The number of halogens is 1. The lowest BCUT2D eigenvalue weighted by molar-refractivity contribution is -0.140. The molecule has 5 rings (SSSR count). The molecule has 0 spiro atoms. The fourth-order valence-electron chi connectivity index (χ4n) is 5.31. The number of fused-ring (bicyclic) bond motifs is 1. The fraction of sp³-hybridized carbons (Fsp3) is 0.423. The number of nitrogens with one attached hydrogen (secondary N) is 1. The molecule has 3 aromatic rings. The first kappa shape index (κ1) is 24.8. The molecule has 0 unspecified atom stereocenters. The van der Waals surface area contributed by atoms with E-state index in [1.54, 1.807) is 17.0 Å². The van der Waals surface area contributed by atoms with Crippen molar-refractivity contribution in [1.29, 1.82) is 0 Å². The van der Waals surface area contributed by atoms with Crippen molar-refractivity contribution in [3.05, 3.63) is 65.6 Å². The van der Waals surface area contributed by atoms with E-state index >= 15 is 0 Å². The molecule has 1 saturated heterocycles. The molecule has 1 saturated carbocycles. The van der Waals surface area contributed by atoms with E-state index in [-0.39, 0.29) is 41.7 Å². The number of hydrogen-bond donors (Lipinski definition) is 2. The zero-order chi connectivity index (χ0) is 26.2. The zero-order valence-corrected chi connectivity index (χ0v) is 20.3. The van der Waals surface area contributed by atoms with Crippen LogP contribution in [0, 0.1) is 11.7 Å².